The Morgan fingerprint density at radius 2 is 2.12 bits per heavy atom. The zero-order valence-electron chi connectivity index (χ0n) is 15.3. The van der Waals surface area contributed by atoms with Gasteiger partial charge in [0, 0.05) is 46.4 Å². The van der Waals surface area contributed by atoms with Crippen molar-refractivity contribution in [3.8, 4) is 0 Å². The number of aliphatic imine (C=N–C) groups is 1. The molecule has 2 aliphatic rings. The van der Waals surface area contributed by atoms with Crippen molar-refractivity contribution < 1.29 is 22.7 Å². The maximum Gasteiger partial charge on any atom is 0.401 e. The number of guanidine groups is 1. The third kappa shape index (κ3) is 7.36. The van der Waals surface area contributed by atoms with Crippen LogP contribution in [0.15, 0.2) is 4.99 Å². The quantitative estimate of drug-likeness (QED) is 0.517. The van der Waals surface area contributed by atoms with Gasteiger partial charge in [-0.05, 0) is 19.3 Å². The summed E-state index contributed by atoms with van der Waals surface area (Å²) >= 11 is 0. The molecule has 2 saturated heterocycles. The summed E-state index contributed by atoms with van der Waals surface area (Å²) in [6, 6.07) is -0.137. The largest absolute Gasteiger partial charge is 0.401 e. The molecule has 0 spiro atoms. The van der Waals surface area contributed by atoms with Gasteiger partial charge in [0.15, 0.2) is 5.96 Å². The Balaban J connectivity index is 1.88. The number of nitrogens with one attached hydrogen (secondary N) is 2. The number of ether oxygens (including phenoxy) is 1. The van der Waals surface area contributed by atoms with Crippen LogP contribution < -0.4 is 10.6 Å². The molecule has 0 aromatic heterocycles. The lowest BCUT2D eigenvalue weighted by Crippen LogP contribution is -2.47. The average molecular weight is 379 g/mol. The van der Waals surface area contributed by atoms with Crippen LogP contribution in [-0.4, -0.2) is 93.4 Å². The first-order valence-corrected chi connectivity index (χ1v) is 8.88. The average Bonchev–Trinajstić information content (AvgIpc) is 3.19. The molecule has 10 heteroatoms. The van der Waals surface area contributed by atoms with E-state index in [9.17, 15) is 18.0 Å². The monoisotopic (exact) mass is 379 g/mol. The van der Waals surface area contributed by atoms with Crippen molar-refractivity contribution in [1.82, 2.24) is 20.4 Å². The van der Waals surface area contributed by atoms with Crippen LogP contribution in [0.25, 0.3) is 0 Å². The normalized spacial score (nSPS) is 24.7. The number of hydrogen-bond acceptors (Lipinski definition) is 4. The third-order valence-corrected chi connectivity index (χ3v) is 4.41. The maximum absolute atomic E-state index is 12.5. The van der Waals surface area contributed by atoms with E-state index < -0.39 is 12.7 Å². The minimum Gasteiger partial charge on any atom is -0.376 e. The van der Waals surface area contributed by atoms with Crippen LogP contribution in [0.3, 0.4) is 0 Å². The van der Waals surface area contributed by atoms with E-state index in [0.717, 1.165) is 19.4 Å². The van der Waals surface area contributed by atoms with E-state index in [2.05, 4.69) is 15.6 Å². The maximum atomic E-state index is 12.5. The number of amides is 1. The van der Waals surface area contributed by atoms with E-state index in [1.807, 2.05) is 0 Å². The highest BCUT2D eigenvalue weighted by atomic mass is 19.4. The van der Waals surface area contributed by atoms with E-state index in [4.69, 9.17) is 4.74 Å². The molecule has 0 aliphatic carbocycles. The van der Waals surface area contributed by atoms with E-state index in [1.54, 1.807) is 14.1 Å². The fourth-order valence-corrected chi connectivity index (χ4v) is 3.00. The van der Waals surface area contributed by atoms with Crippen LogP contribution >= 0.6 is 0 Å². The zero-order valence-corrected chi connectivity index (χ0v) is 15.3. The summed E-state index contributed by atoms with van der Waals surface area (Å²) in [5.41, 5.74) is 0. The van der Waals surface area contributed by atoms with Crippen molar-refractivity contribution in [2.24, 2.45) is 4.99 Å². The third-order valence-electron chi connectivity index (χ3n) is 4.41. The molecule has 2 aliphatic heterocycles. The minimum atomic E-state index is -4.19. The number of carbonyl (C=O) groups is 1. The van der Waals surface area contributed by atoms with Crippen LogP contribution in [0.5, 0.6) is 0 Å². The Bertz CT molecular complexity index is 493. The Kier molecular flexibility index (Phi) is 7.51. The van der Waals surface area contributed by atoms with Gasteiger partial charge in [-0.2, -0.15) is 13.2 Å². The molecule has 0 aromatic rings. The predicted molar refractivity (Wildman–Crippen MR) is 92.0 cm³/mol. The molecule has 0 bridgehead atoms. The molecular weight excluding hydrogens is 351 g/mol. The molecule has 0 saturated carbocycles. The molecule has 2 atom stereocenters. The van der Waals surface area contributed by atoms with Gasteiger partial charge < -0.3 is 20.3 Å². The smallest absolute Gasteiger partial charge is 0.376 e. The summed E-state index contributed by atoms with van der Waals surface area (Å²) in [5, 5.41) is 6.30. The van der Waals surface area contributed by atoms with Crippen molar-refractivity contribution in [2.45, 2.75) is 37.6 Å². The number of alkyl halides is 3. The van der Waals surface area contributed by atoms with Gasteiger partial charge in [0.1, 0.15) is 6.54 Å². The Hall–Kier alpha value is -1.55. The highest BCUT2D eigenvalue weighted by Crippen LogP contribution is 2.20. The van der Waals surface area contributed by atoms with Crippen molar-refractivity contribution >= 4 is 11.9 Å². The second kappa shape index (κ2) is 9.40. The lowest BCUT2D eigenvalue weighted by molar-refractivity contribution is -0.143. The van der Waals surface area contributed by atoms with Crippen LogP contribution in [0, 0.1) is 0 Å². The van der Waals surface area contributed by atoms with Gasteiger partial charge in [-0.25, -0.2) is 4.99 Å². The number of carbonyl (C=O) groups excluding carboxylic acids is 1. The van der Waals surface area contributed by atoms with Gasteiger partial charge in [-0.3, -0.25) is 9.69 Å². The van der Waals surface area contributed by atoms with E-state index in [1.165, 1.54) is 9.80 Å². The van der Waals surface area contributed by atoms with E-state index in [-0.39, 0.29) is 24.6 Å². The van der Waals surface area contributed by atoms with Crippen LogP contribution in [0.4, 0.5) is 13.2 Å². The van der Waals surface area contributed by atoms with Gasteiger partial charge >= 0.3 is 6.18 Å². The fourth-order valence-electron chi connectivity index (χ4n) is 3.00. The molecule has 2 unspecified atom stereocenters. The fraction of sp³-hybridized carbons (Fsp3) is 0.875. The molecule has 150 valence electrons. The lowest BCUT2D eigenvalue weighted by Gasteiger charge is -2.21. The van der Waals surface area contributed by atoms with Gasteiger partial charge in [-0.15, -0.1) is 0 Å². The highest BCUT2D eigenvalue weighted by molar-refractivity contribution is 5.85. The number of rotatable bonds is 6. The Morgan fingerprint density at radius 1 is 1.35 bits per heavy atom. The number of likely N-dealkylation sites (N-methyl/N-ethyl adjacent to an activating group) is 1. The minimum absolute atomic E-state index is 0.0210. The van der Waals surface area contributed by atoms with Crippen LogP contribution in [0.1, 0.15) is 19.3 Å². The zero-order chi connectivity index (χ0) is 19.2. The first-order chi connectivity index (χ1) is 12.2. The van der Waals surface area contributed by atoms with E-state index in [0.29, 0.717) is 32.0 Å². The molecule has 0 radical (unpaired) electrons. The van der Waals surface area contributed by atoms with Gasteiger partial charge in [0.2, 0.25) is 5.91 Å². The summed E-state index contributed by atoms with van der Waals surface area (Å²) in [7, 11) is 3.30. The van der Waals surface area contributed by atoms with Gasteiger partial charge in [-0.1, -0.05) is 0 Å². The van der Waals surface area contributed by atoms with E-state index >= 15 is 0 Å². The number of hydrogen-bond donors (Lipinski definition) is 2. The molecule has 2 N–H and O–H groups in total. The lowest BCUT2D eigenvalue weighted by atomic mass is 10.2. The highest BCUT2D eigenvalue weighted by Gasteiger charge is 2.34. The molecule has 2 fully saturated rings. The predicted octanol–water partition coefficient (Wildman–Crippen LogP) is 0.425. The number of likely N-dealkylation sites (tertiary alicyclic amines) is 1. The standard InChI is InChI=1S/C16H28F3N5O2/c1-23(2)14(25)9-21-15(20-8-13-4-3-7-26-13)22-12-5-6-24(10-12)11-16(17,18)19/h12-13H,3-11H2,1-2H3,(H2,20,21,22). The summed E-state index contributed by atoms with van der Waals surface area (Å²) < 4.78 is 43.1. The van der Waals surface area contributed by atoms with Crippen molar-refractivity contribution in [1.29, 1.82) is 0 Å². The Morgan fingerprint density at radius 3 is 2.73 bits per heavy atom. The molecule has 0 aromatic carbocycles. The summed E-state index contributed by atoms with van der Waals surface area (Å²) in [6.45, 7) is 1.04. The van der Waals surface area contributed by atoms with Crippen LogP contribution in [-0.2, 0) is 9.53 Å². The second-order valence-electron chi connectivity index (χ2n) is 6.95. The van der Waals surface area contributed by atoms with Gasteiger partial charge in [0.25, 0.3) is 0 Å². The Labute approximate surface area is 151 Å². The first-order valence-electron chi connectivity index (χ1n) is 8.88. The molecule has 26 heavy (non-hydrogen) atoms. The number of halogens is 3. The molecular formula is C16H28F3N5O2. The second-order valence-corrected chi connectivity index (χ2v) is 6.95. The number of nitrogens with zero attached hydrogens (tertiary/aromatic N) is 3. The first kappa shape index (κ1) is 20.8. The molecule has 7 nitrogen and oxygen atoms in total. The molecule has 2 rings (SSSR count). The van der Waals surface area contributed by atoms with Crippen LogP contribution in [0.2, 0.25) is 0 Å². The summed E-state index contributed by atoms with van der Waals surface area (Å²) in [4.78, 5) is 18.9. The summed E-state index contributed by atoms with van der Waals surface area (Å²) in [6.07, 6.45) is -1.53. The van der Waals surface area contributed by atoms with Crippen molar-refractivity contribution in [3.05, 3.63) is 0 Å². The molecule has 2 heterocycles. The SMILES string of the molecule is CN(C)C(=O)CN=C(NCC1CCCO1)NC1CCN(CC(F)(F)F)C1. The van der Waals surface area contributed by atoms with Crippen molar-refractivity contribution in [2.75, 3.05) is 53.4 Å². The van der Waals surface area contributed by atoms with Crippen molar-refractivity contribution in [3.63, 3.8) is 0 Å². The topological polar surface area (TPSA) is 69.2 Å². The van der Waals surface area contributed by atoms with Gasteiger partial charge in [0.05, 0.1) is 12.6 Å². The summed E-state index contributed by atoms with van der Waals surface area (Å²) in [5.74, 6) is 0.294. The molecule has 1 amide bonds.